The summed E-state index contributed by atoms with van der Waals surface area (Å²) in [6.45, 7) is 1.96. The first kappa shape index (κ1) is 26.2. The van der Waals surface area contributed by atoms with Crippen LogP contribution >= 0.6 is 22.9 Å². The number of methoxy groups -OCH3 is 1. The molecule has 1 aliphatic heterocycles. The van der Waals surface area contributed by atoms with Crippen LogP contribution < -0.4 is 4.74 Å². The van der Waals surface area contributed by atoms with E-state index in [-0.39, 0.29) is 30.8 Å². The average molecular weight is 527 g/mol. The Morgan fingerprint density at radius 2 is 1.89 bits per heavy atom. The van der Waals surface area contributed by atoms with Crippen molar-refractivity contribution < 1.29 is 19.1 Å². The summed E-state index contributed by atoms with van der Waals surface area (Å²) in [6, 6.07) is 18.7. The summed E-state index contributed by atoms with van der Waals surface area (Å²) >= 11 is 7.71. The summed E-state index contributed by atoms with van der Waals surface area (Å²) < 4.78 is 11.3. The van der Waals surface area contributed by atoms with Crippen LogP contribution in [0.4, 0.5) is 0 Å². The van der Waals surface area contributed by atoms with Gasteiger partial charge in [-0.15, -0.1) is 11.3 Å². The molecule has 0 bridgehead atoms. The highest BCUT2D eigenvalue weighted by Crippen LogP contribution is 2.34. The van der Waals surface area contributed by atoms with Crippen molar-refractivity contribution in [3.8, 4) is 5.75 Å². The minimum atomic E-state index is -0.215. The van der Waals surface area contributed by atoms with E-state index in [1.165, 1.54) is 4.88 Å². The zero-order valence-corrected chi connectivity index (χ0v) is 22.0. The van der Waals surface area contributed by atoms with Crippen molar-refractivity contribution in [2.45, 2.75) is 25.3 Å². The molecule has 2 heterocycles. The van der Waals surface area contributed by atoms with Crippen molar-refractivity contribution in [2.24, 2.45) is 0 Å². The molecule has 6 nitrogen and oxygen atoms in total. The van der Waals surface area contributed by atoms with E-state index in [1.54, 1.807) is 35.5 Å². The van der Waals surface area contributed by atoms with E-state index in [2.05, 4.69) is 11.4 Å². The summed E-state index contributed by atoms with van der Waals surface area (Å²) in [4.78, 5) is 31.6. The molecule has 4 rings (SSSR count). The van der Waals surface area contributed by atoms with Crippen LogP contribution in [0.2, 0.25) is 5.02 Å². The number of carbonyl (C=O) groups is 2. The van der Waals surface area contributed by atoms with E-state index >= 15 is 0 Å². The van der Waals surface area contributed by atoms with Gasteiger partial charge in [-0.05, 0) is 59.7 Å². The lowest BCUT2D eigenvalue weighted by molar-refractivity contribution is -0.142. The maximum Gasteiger partial charge on any atom is 0.242 e. The number of nitrogens with zero attached hydrogens (tertiary/aromatic N) is 2. The van der Waals surface area contributed by atoms with Crippen molar-refractivity contribution in [3.05, 3.63) is 87.1 Å². The van der Waals surface area contributed by atoms with Crippen LogP contribution in [-0.2, 0) is 27.2 Å². The number of amides is 2. The Morgan fingerprint density at radius 1 is 1.11 bits per heavy atom. The van der Waals surface area contributed by atoms with E-state index in [9.17, 15) is 9.59 Å². The Kier molecular flexibility index (Phi) is 9.39. The van der Waals surface area contributed by atoms with Crippen LogP contribution in [0.1, 0.15) is 28.5 Å². The zero-order valence-electron chi connectivity index (χ0n) is 20.4. The van der Waals surface area contributed by atoms with Crippen LogP contribution in [0.3, 0.4) is 0 Å². The summed E-state index contributed by atoms with van der Waals surface area (Å²) in [5.41, 5.74) is 2.05. The summed E-state index contributed by atoms with van der Waals surface area (Å²) in [5.74, 6) is 0.566. The Morgan fingerprint density at radius 3 is 2.64 bits per heavy atom. The monoisotopic (exact) mass is 526 g/mol. The lowest BCUT2D eigenvalue weighted by atomic mass is 10.0. The molecule has 1 aromatic heterocycles. The standard InChI is InChI=1S/C28H31ClN2O4S/c1-34-16-5-14-30(27(32)18-21-6-3-2-4-7-21)19-28(33)31-15-12-26-24(13-17-36-26)25(31)20-35-23-10-8-22(29)9-11-23/h2-4,6-11,13,17,25H,5,12,14-16,18-20H2,1H3/t25-/m1/s1. The number of benzene rings is 2. The molecule has 0 saturated heterocycles. The van der Waals surface area contributed by atoms with Crippen LogP contribution in [0.25, 0.3) is 0 Å². The molecule has 0 aliphatic carbocycles. The number of halogens is 1. The van der Waals surface area contributed by atoms with Crippen LogP contribution in [0.15, 0.2) is 66.0 Å². The number of hydrogen-bond donors (Lipinski definition) is 0. The Bertz CT molecular complexity index is 1140. The molecule has 0 saturated carbocycles. The highest BCUT2D eigenvalue weighted by molar-refractivity contribution is 7.10. The van der Waals surface area contributed by atoms with Crippen molar-refractivity contribution >= 4 is 34.8 Å². The molecule has 0 N–H and O–H groups in total. The van der Waals surface area contributed by atoms with E-state index in [0.717, 1.165) is 17.5 Å². The van der Waals surface area contributed by atoms with Crippen molar-refractivity contribution in [1.82, 2.24) is 9.80 Å². The third-order valence-corrected chi connectivity index (χ3v) is 7.54. The van der Waals surface area contributed by atoms with Gasteiger partial charge in [0, 0.05) is 36.7 Å². The molecular weight excluding hydrogens is 496 g/mol. The van der Waals surface area contributed by atoms with E-state index in [4.69, 9.17) is 21.1 Å². The van der Waals surface area contributed by atoms with Gasteiger partial charge in [0.25, 0.3) is 0 Å². The molecule has 0 radical (unpaired) electrons. The second kappa shape index (κ2) is 12.9. The molecular formula is C28H31ClN2O4S. The quantitative estimate of drug-likeness (QED) is 0.329. The van der Waals surface area contributed by atoms with Gasteiger partial charge in [-0.1, -0.05) is 41.9 Å². The van der Waals surface area contributed by atoms with Gasteiger partial charge >= 0.3 is 0 Å². The van der Waals surface area contributed by atoms with E-state index in [1.807, 2.05) is 47.4 Å². The van der Waals surface area contributed by atoms with Crippen molar-refractivity contribution in [3.63, 3.8) is 0 Å². The van der Waals surface area contributed by atoms with Crippen LogP contribution in [0.5, 0.6) is 5.75 Å². The predicted octanol–water partition coefficient (Wildman–Crippen LogP) is 5.01. The average Bonchev–Trinajstić information content (AvgIpc) is 3.37. The third-order valence-electron chi connectivity index (χ3n) is 6.29. The number of hydrogen-bond acceptors (Lipinski definition) is 5. The summed E-state index contributed by atoms with van der Waals surface area (Å²) in [7, 11) is 1.64. The lowest BCUT2D eigenvalue weighted by Gasteiger charge is -2.37. The van der Waals surface area contributed by atoms with E-state index < -0.39 is 0 Å². The largest absolute Gasteiger partial charge is 0.491 e. The fraction of sp³-hybridized carbons (Fsp3) is 0.357. The van der Waals surface area contributed by atoms with Gasteiger partial charge in [0.2, 0.25) is 11.8 Å². The van der Waals surface area contributed by atoms with Gasteiger partial charge in [0.15, 0.2) is 0 Å². The Hall–Kier alpha value is -2.87. The fourth-order valence-corrected chi connectivity index (χ4v) is 5.46. The second-order valence-corrected chi connectivity index (χ2v) is 10.2. The molecule has 0 fully saturated rings. The van der Waals surface area contributed by atoms with Gasteiger partial charge in [-0.3, -0.25) is 9.59 Å². The van der Waals surface area contributed by atoms with Gasteiger partial charge in [0.1, 0.15) is 12.4 Å². The third kappa shape index (κ3) is 6.87. The first-order valence-electron chi connectivity index (χ1n) is 12.1. The Labute approximate surface area is 221 Å². The maximum absolute atomic E-state index is 13.6. The number of rotatable bonds is 11. The first-order chi connectivity index (χ1) is 17.5. The molecule has 36 heavy (non-hydrogen) atoms. The second-order valence-electron chi connectivity index (χ2n) is 8.74. The van der Waals surface area contributed by atoms with Crippen LogP contribution in [0, 0.1) is 0 Å². The smallest absolute Gasteiger partial charge is 0.242 e. The molecule has 1 aliphatic rings. The highest BCUT2D eigenvalue weighted by Gasteiger charge is 2.33. The lowest BCUT2D eigenvalue weighted by Crippen LogP contribution is -2.48. The molecule has 2 aromatic carbocycles. The van der Waals surface area contributed by atoms with Gasteiger partial charge in [-0.25, -0.2) is 0 Å². The van der Waals surface area contributed by atoms with Gasteiger partial charge in [0.05, 0.1) is 19.0 Å². The molecule has 0 unspecified atom stereocenters. The molecule has 190 valence electrons. The predicted molar refractivity (Wildman–Crippen MR) is 143 cm³/mol. The number of thiophene rings is 1. The number of fused-ring (bicyclic) bond motifs is 1. The summed E-state index contributed by atoms with van der Waals surface area (Å²) in [5, 5.41) is 2.71. The molecule has 3 aromatic rings. The Balaban J connectivity index is 1.47. The molecule has 0 spiro atoms. The maximum atomic E-state index is 13.6. The SMILES string of the molecule is COCCCN(CC(=O)N1CCc2sccc2[C@H]1COc1ccc(Cl)cc1)C(=O)Cc1ccccc1. The van der Waals surface area contributed by atoms with Gasteiger partial charge < -0.3 is 19.3 Å². The highest BCUT2D eigenvalue weighted by atomic mass is 35.5. The summed E-state index contributed by atoms with van der Waals surface area (Å²) in [6.07, 6.45) is 1.73. The molecule has 8 heteroatoms. The first-order valence-corrected chi connectivity index (χ1v) is 13.4. The van der Waals surface area contributed by atoms with Crippen LogP contribution in [-0.4, -0.2) is 61.6 Å². The fourth-order valence-electron chi connectivity index (χ4n) is 4.41. The molecule has 2 amide bonds. The minimum Gasteiger partial charge on any atom is -0.491 e. The molecule has 1 atom stereocenters. The minimum absolute atomic E-state index is 0.0340. The van der Waals surface area contributed by atoms with Crippen molar-refractivity contribution in [1.29, 1.82) is 0 Å². The normalized spacial score (nSPS) is 14.8. The van der Waals surface area contributed by atoms with Crippen molar-refractivity contribution in [2.75, 3.05) is 40.0 Å². The number of carbonyl (C=O) groups excluding carboxylic acids is 2. The number of ether oxygens (including phenoxy) is 2. The topological polar surface area (TPSA) is 59.1 Å². The zero-order chi connectivity index (χ0) is 25.3. The van der Waals surface area contributed by atoms with E-state index in [0.29, 0.717) is 43.5 Å². The van der Waals surface area contributed by atoms with Gasteiger partial charge in [-0.2, -0.15) is 0 Å².